The molecule has 0 heterocycles. The molecule has 0 aliphatic carbocycles. The number of carbonyl (C=O) groups is 4. The van der Waals surface area contributed by atoms with Crippen LogP contribution < -0.4 is 21.9 Å². The van der Waals surface area contributed by atoms with Crippen molar-refractivity contribution in [1.29, 1.82) is 0 Å². The van der Waals surface area contributed by atoms with Crippen LogP contribution in [0.1, 0.15) is 183 Å². The first-order valence-corrected chi connectivity index (χ1v) is 24.9. The van der Waals surface area contributed by atoms with Crippen molar-refractivity contribution >= 4 is 46.5 Å². The second-order valence-electron chi connectivity index (χ2n) is 10.1. The Balaban J connectivity index is -0.0000000468. The van der Waals surface area contributed by atoms with Gasteiger partial charge in [0.1, 0.15) is 18.3 Å². The van der Waals surface area contributed by atoms with Crippen molar-refractivity contribution < 1.29 is 59.2 Å². The lowest BCUT2D eigenvalue weighted by molar-refractivity contribution is -0.623. The zero-order valence-electron chi connectivity index (χ0n) is 44.2. The second-order valence-corrected chi connectivity index (χ2v) is 12.2. The van der Waals surface area contributed by atoms with Gasteiger partial charge in [-0.1, -0.05) is 183 Å². The van der Waals surface area contributed by atoms with E-state index >= 15 is 0 Å². The Bertz CT molecular complexity index is 1320. The third-order valence-corrected chi connectivity index (χ3v) is 5.91. The lowest BCUT2D eigenvalue weighted by Gasteiger charge is -1.99. The fraction of sp³-hybridized carbons (Fsp3) is 0.560. The van der Waals surface area contributed by atoms with Crippen LogP contribution in [0, 0.1) is 13.8 Å². The molecule has 0 saturated heterocycles. The molecule has 63 heavy (non-hydrogen) atoms. The zero-order valence-corrected chi connectivity index (χ0v) is 46.6. The van der Waals surface area contributed by atoms with E-state index in [1.807, 2.05) is 136 Å². The van der Waals surface area contributed by atoms with Gasteiger partial charge in [-0.15, -0.1) is 0 Å². The van der Waals surface area contributed by atoms with Gasteiger partial charge < -0.3 is 36.6 Å². The number of quaternary nitrogens is 1. The predicted molar refractivity (Wildman–Crippen MR) is 277 cm³/mol. The molecular formula is C50H98ClNO9S2. The number of aldehydes is 2. The van der Waals surface area contributed by atoms with Crippen molar-refractivity contribution in [3.8, 4) is 5.75 Å². The first kappa shape index (κ1) is 90.2. The maximum absolute atomic E-state index is 10.6. The van der Waals surface area contributed by atoms with E-state index in [2.05, 4.69) is 53.9 Å². The molecule has 10 nitrogen and oxygen atoms in total. The summed E-state index contributed by atoms with van der Waals surface area (Å²) in [5.41, 5.74) is 3.21. The number of nitrogens with two attached hydrogens (primary N) is 1. The number of aromatic carboxylic acids is 1. The van der Waals surface area contributed by atoms with Gasteiger partial charge in [-0.3, -0.25) is 9.35 Å². The van der Waals surface area contributed by atoms with Crippen LogP contribution in [0.4, 0.5) is 0 Å². The third-order valence-electron chi connectivity index (χ3n) is 4.63. The molecule has 0 aliphatic heterocycles. The molecule has 376 valence electrons. The molecule has 0 saturated carbocycles. The molecule has 3 rings (SSSR count). The first-order valence-electron chi connectivity index (χ1n) is 22.1. The number of hydrogen-bond acceptors (Lipinski definition) is 8. The minimum absolute atomic E-state index is 0. The Hall–Kier alpha value is -3.55. The van der Waals surface area contributed by atoms with Gasteiger partial charge in [-0.25, -0.2) is 4.79 Å². The van der Waals surface area contributed by atoms with Gasteiger partial charge in [0, 0.05) is 11.8 Å². The molecule has 13 heteroatoms. The number of aryl methyl sites for hydroxylation is 2. The highest BCUT2D eigenvalue weighted by Gasteiger charge is 2.03. The molecule has 3 aromatic carbocycles. The Kier molecular flexibility index (Phi) is 128. The second kappa shape index (κ2) is 89.4. The number of carbonyl (C=O) groups excluding carboxylic acids is 3. The van der Waals surface area contributed by atoms with Crippen molar-refractivity contribution in [3.63, 3.8) is 0 Å². The van der Waals surface area contributed by atoms with E-state index in [9.17, 15) is 18.0 Å². The maximum Gasteiger partial charge on any atom is 0.335 e. The number of hydrogen-bond donors (Lipinski definition) is 3. The summed E-state index contributed by atoms with van der Waals surface area (Å²) in [4.78, 5) is 38.7. The van der Waals surface area contributed by atoms with Gasteiger partial charge in [0.2, 0.25) is 0 Å². The van der Waals surface area contributed by atoms with Crippen LogP contribution in [0.5, 0.6) is 5.75 Å². The SMILES string of the molecule is CC.CC.CC.CC.CC.CC(=O)c1ccccc1.CC=O.CC=O.CCC.CCC.CCCS(=O)(=O)O.CC[NH2+]C.CSOc1ccc(C)cc1.Cc1ccccc1C(=O)O.[Cl-]. The van der Waals surface area contributed by atoms with E-state index in [0.717, 1.165) is 29.4 Å². The van der Waals surface area contributed by atoms with E-state index in [0.29, 0.717) is 12.0 Å². The molecule has 0 aromatic heterocycles. The average molecular weight is 957 g/mol. The number of halogens is 1. The quantitative estimate of drug-likeness (QED) is 0.0897. The van der Waals surface area contributed by atoms with Gasteiger partial charge in [0.15, 0.2) is 5.78 Å². The molecule has 0 unspecified atom stereocenters. The van der Waals surface area contributed by atoms with E-state index in [1.54, 1.807) is 39.0 Å². The molecule has 4 N–H and O–H groups in total. The van der Waals surface area contributed by atoms with Gasteiger partial charge in [0.05, 0.1) is 37.0 Å². The van der Waals surface area contributed by atoms with Gasteiger partial charge in [0.25, 0.3) is 10.1 Å². The van der Waals surface area contributed by atoms with Crippen molar-refractivity contribution in [2.75, 3.05) is 25.6 Å². The summed E-state index contributed by atoms with van der Waals surface area (Å²) in [6.07, 6.45) is 6.37. The summed E-state index contributed by atoms with van der Waals surface area (Å²) in [5.74, 6) is 0.0410. The van der Waals surface area contributed by atoms with E-state index in [1.165, 1.54) is 50.8 Å². The normalized spacial score (nSPS) is 7.49. The molecule has 0 bridgehead atoms. The fourth-order valence-electron chi connectivity index (χ4n) is 2.43. The summed E-state index contributed by atoms with van der Waals surface area (Å²) in [5, 5.41) is 10.7. The van der Waals surface area contributed by atoms with Crippen LogP contribution in [0.2, 0.25) is 0 Å². The Labute approximate surface area is 401 Å². The van der Waals surface area contributed by atoms with Crippen LogP contribution in [0.3, 0.4) is 0 Å². The molecule has 0 spiro atoms. The number of Topliss-reactive ketones (excluding diaryl/α,β-unsaturated/α-hetero) is 1. The van der Waals surface area contributed by atoms with Gasteiger partial charge >= 0.3 is 5.97 Å². The largest absolute Gasteiger partial charge is 1.00 e. The molecule has 3 aromatic rings. The minimum atomic E-state index is -3.67. The van der Waals surface area contributed by atoms with E-state index in [-0.39, 0.29) is 23.9 Å². The molecular weight excluding hydrogens is 858 g/mol. The average Bonchev–Trinajstić information content (AvgIpc) is 3.27. The maximum atomic E-state index is 10.6. The Morgan fingerprint density at radius 2 is 1.00 bits per heavy atom. The Morgan fingerprint density at radius 1 is 0.683 bits per heavy atom. The monoisotopic (exact) mass is 956 g/mol. The van der Waals surface area contributed by atoms with Crippen LogP contribution in [0.25, 0.3) is 0 Å². The number of rotatable bonds is 7. The van der Waals surface area contributed by atoms with Crippen molar-refractivity contribution in [2.45, 2.75) is 165 Å². The zero-order chi connectivity index (χ0) is 51.8. The van der Waals surface area contributed by atoms with Crippen LogP contribution in [-0.2, 0) is 19.7 Å². The highest BCUT2D eigenvalue weighted by atomic mass is 35.5. The standard InChI is InChI=1S/C8H8O2.C8H10OS.C8H8O.C3H9N.C3H8O3S.2C3H8.2C2H4O.5C2H6.ClH/c1-6-4-2-3-5-7(6)8(9)10;1-7-3-5-8(6-4-7)9-10-2;1-7(9)8-5-3-2-4-6-8;1-3-4-2;1-2-3-7(4,5)6;2*1-3-2;2*1-2-3;5*1-2;/h2-5H,1H3,(H,9,10);3-6H,1-2H3;2-6H,1H3;4H,3H2,1-2H3;2-3H2,1H3,(H,4,5,6);2*3H2,1-2H3;2*2H,1H3;5*1-2H3;1H. The first-order chi connectivity index (χ1) is 29.5. The van der Waals surface area contributed by atoms with Crippen molar-refractivity contribution in [2.24, 2.45) is 0 Å². The van der Waals surface area contributed by atoms with E-state index < -0.39 is 16.1 Å². The fourth-order valence-corrected chi connectivity index (χ4v) is 3.25. The molecule has 0 atom stereocenters. The highest BCUT2D eigenvalue weighted by Crippen LogP contribution is 2.14. The van der Waals surface area contributed by atoms with Crippen molar-refractivity contribution in [1.82, 2.24) is 0 Å². The highest BCUT2D eigenvalue weighted by molar-refractivity contribution is 7.94. The summed E-state index contributed by atoms with van der Waals surface area (Å²) in [7, 11) is -1.62. The lowest BCUT2D eigenvalue weighted by atomic mass is 10.1. The lowest BCUT2D eigenvalue weighted by Crippen LogP contribution is -3.00. The van der Waals surface area contributed by atoms with Crippen LogP contribution in [0.15, 0.2) is 78.9 Å². The van der Waals surface area contributed by atoms with Crippen LogP contribution >= 0.6 is 12.0 Å². The smallest absolute Gasteiger partial charge is 0.335 e. The van der Waals surface area contributed by atoms with Crippen molar-refractivity contribution in [3.05, 3.63) is 101 Å². The van der Waals surface area contributed by atoms with Crippen LogP contribution in [-0.4, -0.2) is 68.0 Å². The minimum Gasteiger partial charge on any atom is -1.00 e. The van der Waals surface area contributed by atoms with Gasteiger partial charge in [-0.2, -0.15) is 8.42 Å². The number of ketones is 1. The topological polar surface area (TPSA) is 169 Å². The van der Waals surface area contributed by atoms with E-state index in [4.69, 9.17) is 23.4 Å². The molecule has 0 aliphatic rings. The van der Waals surface area contributed by atoms with Gasteiger partial charge in [-0.05, 0) is 71.7 Å². The molecule has 0 radical (unpaired) electrons. The summed E-state index contributed by atoms with van der Waals surface area (Å²) < 4.78 is 32.7. The molecule has 0 amide bonds. The predicted octanol–water partition coefficient (Wildman–Crippen LogP) is 11.1. The number of carboxylic acid groups (broad SMARTS) is 1. The third kappa shape index (κ3) is 108. The number of benzene rings is 3. The summed E-state index contributed by atoms with van der Waals surface area (Å²) in [6.45, 7) is 41.8. The number of carboxylic acids is 1. The Morgan fingerprint density at radius 3 is 1.19 bits per heavy atom. The summed E-state index contributed by atoms with van der Waals surface area (Å²) >= 11 is 1.36. The summed E-state index contributed by atoms with van der Waals surface area (Å²) in [6, 6.07) is 24.1. The molecule has 0 fully saturated rings.